The van der Waals surface area contributed by atoms with Gasteiger partial charge in [-0.05, 0) is 50.9 Å². The summed E-state index contributed by atoms with van der Waals surface area (Å²) in [7, 11) is 0. The SMILES string of the molecule is CCN1CC[C@@H]2C[C@H](c3ccc(C)o3)C=C[C@H]21. The second kappa shape index (κ2) is 4.34. The average Bonchev–Trinajstić information content (AvgIpc) is 2.94. The van der Waals surface area contributed by atoms with Crippen molar-refractivity contribution in [2.75, 3.05) is 13.1 Å². The summed E-state index contributed by atoms with van der Waals surface area (Å²) in [6.45, 7) is 6.72. The Morgan fingerprint density at radius 3 is 2.94 bits per heavy atom. The van der Waals surface area contributed by atoms with E-state index < -0.39 is 0 Å². The van der Waals surface area contributed by atoms with E-state index in [1.165, 1.54) is 25.9 Å². The van der Waals surface area contributed by atoms with E-state index in [4.69, 9.17) is 4.42 Å². The summed E-state index contributed by atoms with van der Waals surface area (Å²) in [5, 5.41) is 0. The van der Waals surface area contributed by atoms with E-state index >= 15 is 0 Å². The van der Waals surface area contributed by atoms with Crippen LogP contribution in [-0.2, 0) is 0 Å². The van der Waals surface area contributed by atoms with Gasteiger partial charge in [-0.1, -0.05) is 19.1 Å². The van der Waals surface area contributed by atoms with Crippen molar-refractivity contribution in [2.24, 2.45) is 5.92 Å². The fourth-order valence-corrected chi connectivity index (χ4v) is 3.37. The van der Waals surface area contributed by atoms with Gasteiger partial charge in [0.1, 0.15) is 11.5 Å². The number of hydrogen-bond donors (Lipinski definition) is 0. The molecule has 1 aromatic heterocycles. The van der Waals surface area contributed by atoms with Gasteiger partial charge in [0.05, 0.1) is 0 Å². The first-order valence-corrected chi connectivity index (χ1v) is 6.76. The molecule has 1 fully saturated rings. The number of allylic oxidation sites excluding steroid dienone is 1. The maximum Gasteiger partial charge on any atom is 0.111 e. The summed E-state index contributed by atoms with van der Waals surface area (Å²) in [6, 6.07) is 4.90. The molecular weight excluding hydrogens is 210 g/mol. The van der Waals surface area contributed by atoms with Crippen molar-refractivity contribution in [3.8, 4) is 0 Å². The van der Waals surface area contributed by atoms with Crippen LogP contribution in [0.25, 0.3) is 0 Å². The van der Waals surface area contributed by atoms with Gasteiger partial charge in [-0.15, -0.1) is 0 Å². The number of furan rings is 1. The lowest BCUT2D eigenvalue weighted by Gasteiger charge is -2.30. The highest BCUT2D eigenvalue weighted by Crippen LogP contribution is 2.39. The van der Waals surface area contributed by atoms with E-state index in [1.54, 1.807) is 0 Å². The van der Waals surface area contributed by atoms with Crippen LogP contribution in [0, 0.1) is 12.8 Å². The molecule has 2 heteroatoms. The fraction of sp³-hybridized carbons (Fsp3) is 0.600. The third-order valence-electron chi connectivity index (χ3n) is 4.32. The molecule has 17 heavy (non-hydrogen) atoms. The number of likely N-dealkylation sites (tertiary alicyclic amines) is 1. The first-order chi connectivity index (χ1) is 8.28. The molecule has 2 aliphatic rings. The van der Waals surface area contributed by atoms with Crippen molar-refractivity contribution in [1.29, 1.82) is 0 Å². The summed E-state index contributed by atoms with van der Waals surface area (Å²) in [5.74, 6) is 3.50. The maximum absolute atomic E-state index is 5.76. The molecule has 1 aliphatic carbocycles. The van der Waals surface area contributed by atoms with Gasteiger partial charge in [-0.25, -0.2) is 0 Å². The van der Waals surface area contributed by atoms with Crippen molar-refractivity contribution in [3.63, 3.8) is 0 Å². The summed E-state index contributed by atoms with van der Waals surface area (Å²) >= 11 is 0. The summed E-state index contributed by atoms with van der Waals surface area (Å²) < 4.78 is 5.76. The first kappa shape index (κ1) is 11.1. The summed E-state index contributed by atoms with van der Waals surface area (Å²) in [4.78, 5) is 2.59. The van der Waals surface area contributed by atoms with Crippen LogP contribution in [0.4, 0.5) is 0 Å². The Morgan fingerprint density at radius 1 is 1.35 bits per heavy atom. The van der Waals surface area contributed by atoms with E-state index in [0.29, 0.717) is 12.0 Å². The predicted molar refractivity (Wildman–Crippen MR) is 69.1 cm³/mol. The Balaban J connectivity index is 1.78. The molecule has 0 aromatic carbocycles. The van der Waals surface area contributed by atoms with Crippen molar-refractivity contribution in [3.05, 3.63) is 35.8 Å². The Hall–Kier alpha value is -1.02. The molecule has 1 aromatic rings. The molecule has 2 heterocycles. The lowest BCUT2D eigenvalue weighted by molar-refractivity contribution is 0.259. The topological polar surface area (TPSA) is 16.4 Å². The van der Waals surface area contributed by atoms with Crippen LogP contribution in [0.5, 0.6) is 0 Å². The quantitative estimate of drug-likeness (QED) is 0.726. The molecule has 1 saturated heterocycles. The predicted octanol–water partition coefficient (Wildman–Crippen LogP) is 3.34. The van der Waals surface area contributed by atoms with Crippen LogP contribution in [-0.4, -0.2) is 24.0 Å². The van der Waals surface area contributed by atoms with Crippen LogP contribution in [0.3, 0.4) is 0 Å². The number of likely N-dealkylation sites (N-methyl/N-ethyl adjacent to an activating group) is 1. The van der Waals surface area contributed by atoms with Crippen LogP contribution >= 0.6 is 0 Å². The minimum absolute atomic E-state index is 0.502. The number of rotatable bonds is 2. The van der Waals surface area contributed by atoms with E-state index in [0.717, 1.165) is 17.4 Å². The van der Waals surface area contributed by atoms with Crippen LogP contribution in [0.15, 0.2) is 28.7 Å². The standard InChI is InChI=1S/C15H21NO/c1-3-16-9-8-12-10-13(5-6-14(12)16)15-7-4-11(2)17-15/h4-7,12-14H,3,8-10H2,1-2H3/t12-,13-,14-/m1/s1. The van der Waals surface area contributed by atoms with Gasteiger partial charge in [-0.3, -0.25) is 4.90 Å². The van der Waals surface area contributed by atoms with Crippen molar-refractivity contribution >= 4 is 0 Å². The minimum atomic E-state index is 0.502. The fourth-order valence-electron chi connectivity index (χ4n) is 3.37. The molecule has 2 nitrogen and oxygen atoms in total. The minimum Gasteiger partial charge on any atom is -0.466 e. The molecule has 0 saturated carbocycles. The zero-order valence-corrected chi connectivity index (χ0v) is 10.7. The number of hydrogen-bond acceptors (Lipinski definition) is 2. The monoisotopic (exact) mass is 231 g/mol. The highest BCUT2D eigenvalue weighted by atomic mass is 16.3. The van der Waals surface area contributed by atoms with Gasteiger partial charge < -0.3 is 4.42 Å². The molecule has 0 N–H and O–H groups in total. The largest absolute Gasteiger partial charge is 0.466 e. The van der Waals surface area contributed by atoms with Gasteiger partial charge in [-0.2, -0.15) is 0 Å². The smallest absolute Gasteiger partial charge is 0.111 e. The Labute approximate surface area is 103 Å². The molecule has 1 aliphatic heterocycles. The van der Waals surface area contributed by atoms with Gasteiger partial charge >= 0.3 is 0 Å². The molecule has 0 bridgehead atoms. The third kappa shape index (κ3) is 1.95. The second-order valence-corrected chi connectivity index (χ2v) is 5.34. The highest BCUT2D eigenvalue weighted by molar-refractivity contribution is 5.21. The normalized spacial score (nSPS) is 32.9. The van der Waals surface area contributed by atoms with E-state index in [-0.39, 0.29) is 0 Å². The van der Waals surface area contributed by atoms with Gasteiger partial charge in [0.15, 0.2) is 0 Å². The Morgan fingerprint density at radius 2 is 2.24 bits per heavy atom. The molecule has 0 amide bonds. The average molecular weight is 231 g/mol. The lowest BCUT2D eigenvalue weighted by Crippen LogP contribution is -2.33. The molecule has 3 atom stereocenters. The molecule has 0 unspecified atom stereocenters. The Bertz CT molecular complexity index is 420. The van der Waals surface area contributed by atoms with Gasteiger partial charge in [0.25, 0.3) is 0 Å². The number of aryl methyl sites for hydroxylation is 1. The molecule has 0 radical (unpaired) electrons. The summed E-state index contributed by atoms with van der Waals surface area (Å²) in [6.07, 6.45) is 7.37. The van der Waals surface area contributed by atoms with Gasteiger partial charge in [0.2, 0.25) is 0 Å². The first-order valence-electron chi connectivity index (χ1n) is 6.76. The molecular formula is C15H21NO. The van der Waals surface area contributed by atoms with Crippen LogP contribution < -0.4 is 0 Å². The summed E-state index contributed by atoms with van der Waals surface area (Å²) in [5.41, 5.74) is 0. The Kier molecular flexibility index (Phi) is 2.83. The zero-order valence-electron chi connectivity index (χ0n) is 10.7. The van der Waals surface area contributed by atoms with Gasteiger partial charge in [0, 0.05) is 12.0 Å². The third-order valence-corrected chi connectivity index (χ3v) is 4.32. The lowest BCUT2D eigenvalue weighted by atomic mass is 9.82. The molecule has 0 spiro atoms. The molecule has 92 valence electrons. The zero-order chi connectivity index (χ0) is 11.8. The van der Waals surface area contributed by atoms with Crippen LogP contribution in [0.1, 0.15) is 37.2 Å². The van der Waals surface area contributed by atoms with Crippen molar-refractivity contribution in [2.45, 2.75) is 38.6 Å². The number of nitrogens with zero attached hydrogens (tertiary/aromatic N) is 1. The number of fused-ring (bicyclic) bond motifs is 1. The maximum atomic E-state index is 5.76. The molecule has 3 rings (SSSR count). The van der Waals surface area contributed by atoms with Crippen molar-refractivity contribution < 1.29 is 4.42 Å². The second-order valence-electron chi connectivity index (χ2n) is 5.34. The van der Waals surface area contributed by atoms with E-state index in [1.807, 2.05) is 6.92 Å². The van der Waals surface area contributed by atoms with E-state index in [9.17, 15) is 0 Å². The highest BCUT2D eigenvalue weighted by Gasteiger charge is 2.36. The van der Waals surface area contributed by atoms with Crippen molar-refractivity contribution in [1.82, 2.24) is 4.90 Å². The van der Waals surface area contributed by atoms with Crippen LogP contribution in [0.2, 0.25) is 0 Å². The van der Waals surface area contributed by atoms with E-state index in [2.05, 4.69) is 36.1 Å².